The quantitative estimate of drug-likeness (QED) is 0.254. The maximum absolute atomic E-state index is 10.9. The molecule has 0 radical (unpaired) electrons. The van der Waals surface area contributed by atoms with Crippen molar-refractivity contribution in [1.82, 2.24) is 5.06 Å². The molecule has 0 saturated heterocycles. The van der Waals surface area contributed by atoms with Crippen molar-refractivity contribution in [2.75, 3.05) is 6.54 Å². The minimum absolute atomic E-state index is 0.0972. The molecule has 0 heterocycles. The lowest BCUT2D eigenvalue weighted by Gasteiger charge is -2.16. The Morgan fingerprint density at radius 1 is 1.50 bits per heavy atom. The zero-order valence-corrected chi connectivity index (χ0v) is 8.93. The molecule has 0 aliphatic carbocycles. The van der Waals surface area contributed by atoms with Gasteiger partial charge in [-0.3, -0.25) is 14.6 Å². The standard InChI is InChI=1S/C7H16NO5P/c1-2-7(14(11,12)13)4-3-5-8(10)6-9/h6-7,10H,2-5H2,1H3,(H2,11,12,13). The van der Waals surface area contributed by atoms with Gasteiger partial charge < -0.3 is 9.79 Å². The van der Waals surface area contributed by atoms with E-state index in [1.807, 2.05) is 0 Å². The van der Waals surface area contributed by atoms with Crippen LogP contribution in [0.3, 0.4) is 0 Å². The molecular weight excluding hydrogens is 209 g/mol. The number of nitrogens with zero attached hydrogens (tertiary/aromatic N) is 1. The summed E-state index contributed by atoms with van der Waals surface area (Å²) in [5.41, 5.74) is -0.678. The number of carbonyl (C=O) groups excluding carboxylic acids is 1. The first kappa shape index (κ1) is 13.6. The fourth-order valence-electron chi connectivity index (χ4n) is 1.15. The third-order valence-corrected chi connectivity index (χ3v) is 3.57. The average molecular weight is 225 g/mol. The lowest BCUT2D eigenvalue weighted by atomic mass is 10.2. The second kappa shape index (κ2) is 6.14. The molecule has 0 aromatic rings. The third kappa shape index (κ3) is 5.34. The SMILES string of the molecule is CCC(CCCN(O)C=O)P(=O)(O)O. The van der Waals surface area contributed by atoms with E-state index in [2.05, 4.69) is 0 Å². The van der Waals surface area contributed by atoms with Crippen molar-refractivity contribution in [3.05, 3.63) is 0 Å². The van der Waals surface area contributed by atoms with Crippen LogP contribution >= 0.6 is 7.60 Å². The fraction of sp³-hybridized carbons (Fsp3) is 0.857. The van der Waals surface area contributed by atoms with Gasteiger partial charge in [0.05, 0.1) is 5.66 Å². The highest BCUT2D eigenvalue weighted by Crippen LogP contribution is 2.44. The Bertz CT molecular complexity index is 216. The van der Waals surface area contributed by atoms with E-state index in [4.69, 9.17) is 15.0 Å². The van der Waals surface area contributed by atoms with Crippen LogP contribution in [0.4, 0.5) is 0 Å². The first-order chi connectivity index (χ1) is 6.41. The minimum atomic E-state index is -4.03. The molecule has 0 aliphatic rings. The number of hydrogen-bond donors (Lipinski definition) is 3. The number of hydroxylamine groups is 2. The Kier molecular flexibility index (Phi) is 5.95. The van der Waals surface area contributed by atoms with Crippen LogP contribution in [0.15, 0.2) is 0 Å². The molecule has 0 aromatic heterocycles. The summed E-state index contributed by atoms with van der Waals surface area (Å²) in [5.74, 6) is 0. The zero-order chi connectivity index (χ0) is 11.2. The van der Waals surface area contributed by atoms with Crippen molar-refractivity contribution < 1.29 is 24.4 Å². The van der Waals surface area contributed by atoms with Gasteiger partial charge in [-0.05, 0) is 19.3 Å². The largest absolute Gasteiger partial charge is 0.328 e. The van der Waals surface area contributed by atoms with E-state index in [0.29, 0.717) is 24.3 Å². The van der Waals surface area contributed by atoms with Crippen molar-refractivity contribution in [3.63, 3.8) is 0 Å². The first-order valence-corrected chi connectivity index (χ1v) is 6.06. The molecule has 0 aliphatic heterocycles. The maximum Gasteiger partial charge on any atom is 0.328 e. The van der Waals surface area contributed by atoms with Crippen LogP contribution in [0.5, 0.6) is 0 Å². The molecule has 6 nitrogen and oxygen atoms in total. The molecule has 3 N–H and O–H groups in total. The molecule has 84 valence electrons. The van der Waals surface area contributed by atoms with E-state index in [9.17, 15) is 9.36 Å². The minimum Gasteiger partial charge on any atom is -0.324 e. The van der Waals surface area contributed by atoms with Gasteiger partial charge in [0.15, 0.2) is 0 Å². The van der Waals surface area contributed by atoms with Gasteiger partial charge in [0.2, 0.25) is 6.41 Å². The maximum atomic E-state index is 10.9. The zero-order valence-electron chi connectivity index (χ0n) is 8.04. The lowest BCUT2D eigenvalue weighted by molar-refractivity contribution is -0.149. The van der Waals surface area contributed by atoms with Gasteiger partial charge >= 0.3 is 7.60 Å². The average Bonchev–Trinajstić information content (AvgIpc) is 2.09. The molecule has 14 heavy (non-hydrogen) atoms. The Labute approximate surface area is 82.6 Å². The topological polar surface area (TPSA) is 98.1 Å². The van der Waals surface area contributed by atoms with E-state index >= 15 is 0 Å². The van der Waals surface area contributed by atoms with E-state index < -0.39 is 13.3 Å². The van der Waals surface area contributed by atoms with Crippen LogP contribution < -0.4 is 0 Å². The highest BCUT2D eigenvalue weighted by molar-refractivity contribution is 7.52. The van der Waals surface area contributed by atoms with Crippen molar-refractivity contribution in [3.8, 4) is 0 Å². The molecule has 7 heteroatoms. The Hall–Kier alpha value is -0.420. The molecule has 0 bridgehead atoms. The monoisotopic (exact) mass is 225 g/mol. The Balaban J connectivity index is 3.86. The van der Waals surface area contributed by atoms with Crippen LogP contribution in [0.1, 0.15) is 26.2 Å². The summed E-state index contributed by atoms with van der Waals surface area (Å²) < 4.78 is 10.9. The molecule has 0 spiro atoms. The predicted octanol–water partition coefficient (Wildman–Crippen LogP) is 0.570. The van der Waals surface area contributed by atoms with Gasteiger partial charge in [-0.25, -0.2) is 5.06 Å². The van der Waals surface area contributed by atoms with Gasteiger partial charge in [-0.1, -0.05) is 6.92 Å². The van der Waals surface area contributed by atoms with E-state index in [0.717, 1.165) is 0 Å². The summed E-state index contributed by atoms with van der Waals surface area (Å²) in [4.78, 5) is 27.7. The van der Waals surface area contributed by atoms with E-state index in [-0.39, 0.29) is 13.0 Å². The van der Waals surface area contributed by atoms with Crippen LogP contribution in [0.2, 0.25) is 0 Å². The van der Waals surface area contributed by atoms with Crippen molar-refractivity contribution in [2.45, 2.75) is 31.8 Å². The van der Waals surface area contributed by atoms with Crippen LogP contribution in [0.25, 0.3) is 0 Å². The molecular formula is C7H16NO5P. The molecule has 0 aromatic carbocycles. The summed E-state index contributed by atoms with van der Waals surface area (Å²) >= 11 is 0. The second-order valence-electron chi connectivity index (χ2n) is 3.06. The highest BCUT2D eigenvalue weighted by Gasteiger charge is 2.26. The molecule has 0 fully saturated rings. The molecule has 1 amide bonds. The molecule has 0 rings (SSSR count). The van der Waals surface area contributed by atoms with Gasteiger partial charge in [0, 0.05) is 6.54 Å². The number of hydrogen-bond acceptors (Lipinski definition) is 3. The van der Waals surface area contributed by atoms with E-state index in [1.165, 1.54) is 0 Å². The second-order valence-corrected chi connectivity index (χ2v) is 4.97. The summed E-state index contributed by atoms with van der Waals surface area (Å²) in [6.45, 7) is 1.79. The summed E-state index contributed by atoms with van der Waals surface area (Å²) in [5, 5.41) is 9.18. The van der Waals surface area contributed by atoms with Crippen LogP contribution in [-0.4, -0.2) is 38.7 Å². The van der Waals surface area contributed by atoms with Crippen molar-refractivity contribution in [2.24, 2.45) is 0 Å². The van der Waals surface area contributed by atoms with Gasteiger partial charge in [-0.2, -0.15) is 0 Å². The summed E-state index contributed by atoms with van der Waals surface area (Å²) in [6.07, 6.45) is 1.32. The number of rotatable bonds is 7. The number of amides is 1. The first-order valence-electron chi connectivity index (χ1n) is 4.37. The number of carbonyl (C=O) groups is 1. The van der Waals surface area contributed by atoms with Crippen LogP contribution in [-0.2, 0) is 9.36 Å². The fourth-order valence-corrected chi connectivity index (χ4v) is 2.15. The normalized spacial score (nSPS) is 13.7. The highest BCUT2D eigenvalue weighted by atomic mass is 31.2. The Morgan fingerprint density at radius 2 is 2.07 bits per heavy atom. The third-order valence-electron chi connectivity index (χ3n) is 1.99. The molecule has 1 atom stereocenters. The van der Waals surface area contributed by atoms with Gasteiger partial charge in [0.25, 0.3) is 0 Å². The summed E-state index contributed by atoms with van der Waals surface area (Å²) in [7, 11) is -4.03. The molecule has 0 saturated carbocycles. The van der Waals surface area contributed by atoms with Gasteiger partial charge in [0.1, 0.15) is 0 Å². The van der Waals surface area contributed by atoms with Crippen molar-refractivity contribution >= 4 is 14.0 Å². The smallest absolute Gasteiger partial charge is 0.324 e. The molecule has 1 unspecified atom stereocenters. The lowest BCUT2D eigenvalue weighted by Crippen LogP contribution is -2.19. The Morgan fingerprint density at radius 3 is 2.43 bits per heavy atom. The van der Waals surface area contributed by atoms with Crippen LogP contribution in [0, 0.1) is 0 Å². The van der Waals surface area contributed by atoms with Crippen molar-refractivity contribution in [1.29, 1.82) is 0 Å². The van der Waals surface area contributed by atoms with E-state index in [1.54, 1.807) is 6.92 Å². The predicted molar refractivity (Wildman–Crippen MR) is 49.9 cm³/mol. The van der Waals surface area contributed by atoms with Gasteiger partial charge in [-0.15, -0.1) is 0 Å². The summed E-state index contributed by atoms with van der Waals surface area (Å²) in [6, 6.07) is 0.